The smallest absolute Gasteiger partial charge is 0.226 e. The summed E-state index contributed by atoms with van der Waals surface area (Å²) < 4.78 is 1.93. The van der Waals surface area contributed by atoms with Crippen LogP contribution in [0.15, 0.2) is 42.0 Å². The van der Waals surface area contributed by atoms with Gasteiger partial charge in [-0.15, -0.1) is 11.3 Å². The fourth-order valence-corrected chi connectivity index (χ4v) is 2.96. The summed E-state index contributed by atoms with van der Waals surface area (Å²) in [4.78, 5) is 17.2. The van der Waals surface area contributed by atoms with E-state index in [-0.39, 0.29) is 12.5 Å². The van der Waals surface area contributed by atoms with Crippen molar-refractivity contribution in [2.75, 3.05) is 6.54 Å². The largest absolute Gasteiger partial charge is 0.392 e. The third-order valence-corrected chi connectivity index (χ3v) is 4.20. The Balaban J connectivity index is 1.46. The maximum atomic E-state index is 11.9. The van der Waals surface area contributed by atoms with Crippen molar-refractivity contribution in [3.05, 3.63) is 58.9 Å². The van der Waals surface area contributed by atoms with Gasteiger partial charge in [0.1, 0.15) is 0 Å². The Morgan fingerprint density at radius 1 is 1.27 bits per heavy atom. The number of carbonyl (C=O) groups excluding carboxylic acids is 1. The number of hydrogen-bond donors (Lipinski definition) is 2. The Morgan fingerprint density at radius 2 is 2.05 bits per heavy atom. The lowest BCUT2D eigenvalue weighted by Gasteiger charge is -2.05. The van der Waals surface area contributed by atoms with Crippen LogP contribution in [0.2, 0.25) is 0 Å². The first-order valence-electron chi connectivity index (χ1n) is 7.11. The SMILES string of the molecule is O=C(Cc1cn2ccsc2n1)NCCc1ccc(CO)cc1. The molecular weight excluding hydrogens is 298 g/mol. The lowest BCUT2D eigenvalue weighted by atomic mass is 10.1. The number of hydrogen-bond acceptors (Lipinski definition) is 4. The van der Waals surface area contributed by atoms with Crippen molar-refractivity contribution in [2.45, 2.75) is 19.4 Å². The van der Waals surface area contributed by atoms with Gasteiger partial charge in [-0.2, -0.15) is 0 Å². The van der Waals surface area contributed by atoms with Crippen LogP contribution in [0.25, 0.3) is 4.96 Å². The molecule has 0 aliphatic carbocycles. The zero-order chi connectivity index (χ0) is 15.4. The summed E-state index contributed by atoms with van der Waals surface area (Å²) in [7, 11) is 0. The Labute approximate surface area is 132 Å². The van der Waals surface area contributed by atoms with E-state index in [2.05, 4.69) is 10.3 Å². The molecule has 0 radical (unpaired) electrons. The highest BCUT2D eigenvalue weighted by Gasteiger charge is 2.07. The van der Waals surface area contributed by atoms with Gasteiger partial charge in [-0.05, 0) is 17.5 Å². The van der Waals surface area contributed by atoms with Gasteiger partial charge in [-0.1, -0.05) is 24.3 Å². The highest BCUT2D eigenvalue weighted by molar-refractivity contribution is 7.15. The van der Waals surface area contributed by atoms with Crippen molar-refractivity contribution in [3.8, 4) is 0 Å². The summed E-state index contributed by atoms with van der Waals surface area (Å²) >= 11 is 1.56. The molecule has 114 valence electrons. The van der Waals surface area contributed by atoms with Crippen molar-refractivity contribution < 1.29 is 9.90 Å². The van der Waals surface area contributed by atoms with Crippen molar-refractivity contribution in [1.29, 1.82) is 0 Å². The predicted molar refractivity (Wildman–Crippen MR) is 85.9 cm³/mol. The highest BCUT2D eigenvalue weighted by Crippen LogP contribution is 2.11. The summed E-state index contributed by atoms with van der Waals surface area (Å²) in [5, 5.41) is 13.9. The summed E-state index contributed by atoms with van der Waals surface area (Å²) in [5.74, 6) is -0.0160. The second-order valence-corrected chi connectivity index (χ2v) is 5.95. The minimum atomic E-state index is -0.0160. The van der Waals surface area contributed by atoms with Crippen LogP contribution in [0.3, 0.4) is 0 Å². The van der Waals surface area contributed by atoms with E-state index in [1.54, 1.807) is 11.3 Å². The molecule has 0 unspecified atom stereocenters. The van der Waals surface area contributed by atoms with Gasteiger partial charge in [-0.25, -0.2) is 4.98 Å². The van der Waals surface area contributed by atoms with E-state index in [0.29, 0.717) is 13.0 Å². The first-order valence-corrected chi connectivity index (χ1v) is 7.99. The summed E-state index contributed by atoms with van der Waals surface area (Å²) in [5.41, 5.74) is 2.82. The minimum absolute atomic E-state index is 0.0160. The molecule has 2 aromatic heterocycles. The fraction of sp³-hybridized carbons (Fsp3) is 0.250. The molecule has 0 aliphatic rings. The lowest BCUT2D eigenvalue weighted by molar-refractivity contribution is -0.120. The molecule has 0 fully saturated rings. The number of fused-ring (bicyclic) bond motifs is 1. The zero-order valence-corrected chi connectivity index (χ0v) is 12.8. The van der Waals surface area contributed by atoms with Crippen LogP contribution < -0.4 is 5.32 Å². The molecule has 0 saturated heterocycles. The number of nitrogens with one attached hydrogen (secondary N) is 1. The number of amides is 1. The van der Waals surface area contributed by atoms with E-state index in [1.807, 2.05) is 46.4 Å². The first kappa shape index (κ1) is 14.7. The number of imidazole rings is 1. The first-order chi connectivity index (χ1) is 10.7. The van der Waals surface area contributed by atoms with Crippen LogP contribution in [-0.4, -0.2) is 26.9 Å². The molecule has 0 bridgehead atoms. The van der Waals surface area contributed by atoms with Gasteiger partial charge < -0.3 is 10.4 Å². The number of thiazole rings is 1. The van der Waals surface area contributed by atoms with Crippen LogP contribution in [-0.2, 0) is 24.2 Å². The summed E-state index contributed by atoms with van der Waals surface area (Å²) in [6, 6.07) is 7.74. The molecule has 0 saturated carbocycles. The van der Waals surface area contributed by atoms with Crippen molar-refractivity contribution in [2.24, 2.45) is 0 Å². The van der Waals surface area contributed by atoms with Gasteiger partial charge in [0.05, 0.1) is 18.7 Å². The van der Waals surface area contributed by atoms with Crippen LogP contribution in [0.1, 0.15) is 16.8 Å². The van der Waals surface area contributed by atoms with E-state index in [0.717, 1.165) is 28.2 Å². The third kappa shape index (κ3) is 3.52. The van der Waals surface area contributed by atoms with Gasteiger partial charge in [0.15, 0.2) is 4.96 Å². The molecular formula is C16H17N3O2S. The van der Waals surface area contributed by atoms with Crippen LogP contribution in [0.4, 0.5) is 0 Å². The quantitative estimate of drug-likeness (QED) is 0.729. The molecule has 1 amide bonds. The molecule has 2 heterocycles. The molecule has 3 aromatic rings. The summed E-state index contributed by atoms with van der Waals surface area (Å²) in [6.45, 7) is 0.651. The molecule has 1 aromatic carbocycles. The topological polar surface area (TPSA) is 66.6 Å². The van der Waals surface area contributed by atoms with Crippen molar-refractivity contribution in [3.63, 3.8) is 0 Å². The van der Waals surface area contributed by atoms with Gasteiger partial charge in [0.2, 0.25) is 5.91 Å². The third-order valence-electron chi connectivity index (χ3n) is 3.43. The Hall–Kier alpha value is -2.18. The Bertz CT molecular complexity index is 733. The summed E-state index contributed by atoms with van der Waals surface area (Å²) in [6.07, 6.45) is 4.90. The monoisotopic (exact) mass is 315 g/mol. The number of rotatable bonds is 6. The van der Waals surface area contributed by atoms with Crippen LogP contribution >= 0.6 is 11.3 Å². The number of aliphatic hydroxyl groups excluding tert-OH is 1. The van der Waals surface area contributed by atoms with E-state index in [4.69, 9.17) is 5.11 Å². The average molecular weight is 315 g/mol. The molecule has 5 nitrogen and oxygen atoms in total. The molecule has 0 aliphatic heterocycles. The van der Waals surface area contributed by atoms with Crippen molar-refractivity contribution >= 4 is 22.2 Å². The number of nitrogens with zero attached hydrogens (tertiary/aromatic N) is 2. The second kappa shape index (κ2) is 6.72. The molecule has 0 atom stereocenters. The highest BCUT2D eigenvalue weighted by atomic mass is 32.1. The maximum Gasteiger partial charge on any atom is 0.226 e. The molecule has 0 spiro atoms. The molecule has 3 rings (SSSR count). The number of aliphatic hydroxyl groups is 1. The molecule has 6 heteroatoms. The van der Waals surface area contributed by atoms with Crippen LogP contribution in [0, 0.1) is 0 Å². The second-order valence-electron chi connectivity index (χ2n) is 5.08. The zero-order valence-electron chi connectivity index (χ0n) is 12.0. The Morgan fingerprint density at radius 3 is 2.77 bits per heavy atom. The number of aromatic nitrogens is 2. The number of benzene rings is 1. The number of carbonyl (C=O) groups is 1. The van der Waals surface area contributed by atoms with Gasteiger partial charge in [0.25, 0.3) is 0 Å². The standard InChI is InChI=1S/C16H17N3O2S/c20-11-13-3-1-12(2-4-13)5-6-17-15(21)9-14-10-19-7-8-22-16(19)18-14/h1-4,7-8,10,20H,5-6,9,11H2,(H,17,21). The van der Waals surface area contributed by atoms with E-state index < -0.39 is 0 Å². The minimum Gasteiger partial charge on any atom is -0.392 e. The van der Waals surface area contributed by atoms with E-state index in [1.165, 1.54) is 0 Å². The van der Waals surface area contributed by atoms with Crippen molar-refractivity contribution in [1.82, 2.24) is 14.7 Å². The molecule has 22 heavy (non-hydrogen) atoms. The van der Waals surface area contributed by atoms with E-state index >= 15 is 0 Å². The maximum absolute atomic E-state index is 11.9. The molecule has 2 N–H and O–H groups in total. The average Bonchev–Trinajstić information content (AvgIpc) is 3.09. The van der Waals surface area contributed by atoms with Crippen LogP contribution in [0.5, 0.6) is 0 Å². The van der Waals surface area contributed by atoms with E-state index in [9.17, 15) is 4.79 Å². The lowest BCUT2D eigenvalue weighted by Crippen LogP contribution is -2.27. The van der Waals surface area contributed by atoms with Gasteiger partial charge in [0, 0.05) is 24.3 Å². The Kier molecular flexibility index (Phi) is 4.50. The predicted octanol–water partition coefficient (Wildman–Crippen LogP) is 1.79. The van der Waals surface area contributed by atoms with Gasteiger partial charge >= 0.3 is 0 Å². The van der Waals surface area contributed by atoms with Gasteiger partial charge in [-0.3, -0.25) is 9.20 Å². The normalized spacial score (nSPS) is 11.0. The fourth-order valence-electron chi connectivity index (χ4n) is 2.25.